The van der Waals surface area contributed by atoms with Crippen molar-refractivity contribution in [3.63, 3.8) is 0 Å². The standard InChI is InChI=1S/C22H25N3O2/c1-24(15-17-7-3-2-4-8-17)22(13-18-9-5-6-10-19(18)14-22)21(27)25-12-11-23-20(26)16-25/h2-10H,11-16H2,1H3,(H,23,26). The van der Waals surface area contributed by atoms with Crippen LogP contribution in [0.2, 0.25) is 0 Å². The van der Waals surface area contributed by atoms with E-state index >= 15 is 0 Å². The van der Waals surface area contributed by atoms with Crippen molar-refractivity contribution in [3.8, 4) is 0 Å². The summed E-state index contributed by atoms with van der Waals surface area (Å²) in [6.45, 7) is 1.94. The fourth-order valence-corrected chi connectivity index (χ4v) is 4.29. The molecule has 0 radical (unpaired) electrons. The molecule has 27 heavy (non-hydrogen) atoms. The van der Waals surface area contributed by atoms with Crippen LogP contribution in [0.5, 0.6) is 0 Å². The van der Waals surface area contributed by atoms with E-state index in [0.717, 1.165) is 0 Å². The van der Waals surface area contributed by atoms with Gasteiger partial charge in [0.1, 0.15) is 5.54 Å². The van der Waals surface area contributed by atoms with Crippen molar-refractivity contribution in [2.24, 2.45) is 0 Å². The van der Waals surface area contributed by atoms with Gasteiger partial charge in [-0.05, 0) is 23.7 Å². The summed E-state index contributed by atoms with van der Waals surface area (Å²) >= 11 is 0. The highest BCUT2D eigenvalue weighted by atomic mass is 16.2. The van der Waals surface area contributed by atoms with E-state index in [0.29, 0.717) is 32.5 Å². The first kappa shape index (κ1) is 17.7. The highest BCUT2D eigenvalue weighted by Gasteiger charge is 2.49. The van der Waals surface area contributed by atoms with Crippen molar-refractivity contribution in [1.82, 2.24) is 15.1 Å². The molecule has 0 bridgehead atoms. The molecule has 0 saturated carbocycles. The van der Waals surface area contributed by atoms with E-state index in [1.165, 1.54) is 16.7 Å². The second kappa shape index (κ2) is 7.16. The number of fused-ring (bicyclic) bond motifs is 1. The summed E-state index contributed by atoms with van der Waals surface area (Å²) in [6.07, 6.45) is 1.37. The number of carbonyl (C=O) groups excluding carboxylic acids is 2. The summed E-state index contributed by atoms with van der Waals surface area (Å²) in [5, 5.41) is 2.81. The third-order valence-corrected chi connectivity index (χ3v) is 5.80. The molecule has 1 aliphatic heterocycles. The molecule has 2 aliphatic rings. The Hall–Kier alpha value is -2.66. The zero-order chi connectivity index (χ0) is 18.9. The lowest BCUT2D eigenvalue weighted by atomic mass is 9.90. The molecule has 1 N–H and O–H groups in total. The number of hydrogen-bond donors (Lipinski definition) is 1. The van der Waals surface area contributed by atoms with Crippen molar-refractivity contribution in [2.75, 3.05) is 26.7 Å². The van der Waals surface area contributed by atoms with Gasteiger partial charge in [-0.25, -0.2) is 0 Å². The zero-order valence-electron chi connectivity index (χ0n) is 15.6. The van der Waals surface area contributed by atoms with Crippen LogP contribution in [0.1, 0.15) is 16.7 Å². The molecule has 1 aliphatic carbocycles. The molecule has 0 unspecified atom stereocenters. The van der Waals surface area contributed by atoms with Crippen molar-refractivity contribution in [2.45, 2.75) is 24.9 Å². The lowest BCUT2D eigenvalue weighted by molar-refractivity contribution is -0.148. The average Bonchev–Trinajstić information content (AvgIpc) is 3.09. The third kappa shape index (κ3) is 3.35. The molecule has 0 spiro atoms. The van der Waals surface area contributed by atoms with Crippen molar-refractivity contribution in [1.29, 1.82) is 0 Å². The van der Waals surface area contributed by atoms with E-state index in [1.54, 1.807) is 4.90 Å². The molecule has 5 heteroatoms. The van der Waals surface area contributed by atoms with Crippen LogP contribution in [-0.2, 0) is 29.0 Å². The minimum atomic E-state index is -0.642. The fraction of sp³-hybridized carbons (Fsp3) is 0.364. The van der Waals surface area contributed by atoms with Crippen molar-refractivity contribution >= 4 is 11.8 Å². The smallest absolute Gasteiger partial charge is 0.244 e. The van der Waals surface area contributed by atoms with Gasteiger partial charge in [0.05, 0.1) is 6.54 Å². The van der Waals surface area contributed by atoms with Gasteiger partial charge in [-0.1, -0.05) is 54.6 Å². The Balaban J connectivity index is 1.66. The molecule has 1 fully saturated rings. The van der Waals surface area contributed by atoms with Crippen LogP contribution >= 0.6 is 0 Å². The van der Waals surface area contributed by atoms with E-state index in [-0.39, 0.29) is 18.4 Å². The lowest BCUT2D eigenvalue weighted by Gasteiger charge is -2.42. The number of hydrogen-bond acceptors (Lipinski definition) is 3. The number of amides is 2. The Kier molecular flexibility index (Phi) is 4.70. The van der Waals surface area contributed by atoms with Crippen LogP contribution < -0.4 is 5.32 Å². The molecule has 0 aromatic heterocycles. The van der Waals surface area contributed by atoms with Gasteiger partial charge in [-0.3, -0.25) is 14.5 Å². The summed E-state index contributed by atoms with van der Waals surface area (Å²) in [7, 11) is 2.03. The minimum absolute atomic E-state index is 0.0620. The summed E-state index contributed by atoms with van der Waals surface area (Å²) < 4.78 is 0. The number of rotatable bonds is 4. The van der Waals surface area contributed by atoms with Gasteiger partial charge in [0.15, 0.2) is 0 Å². The second-order valence-electron chi connectivity index (χ2n) is 7.57. The van der Waals surface area contributed by atoms with Crippen molar-refractivity contribution < 1.29 is 9.59 Å². The molecule has 140 valence electrons. The first-order valence-electron chi connectivity index (χ1n) is 9.46. The van der Waals surface area contributed by atoms with Gasteiger partial charge in [0.25, 0.3) is 0 Å². The van der Waals surface area contributed by atoms with Crippen LogP contribution in [0.15, 0.2) is 54.6 Å². The van der Waals surface area contributed by atoms with Crippen LogP contribution in [0, 0.1) is 0 Å². The quantitative estimate of drug-likeness (QED) is 0.898. The maximum atomic E-state index is 13.7. The Morgan fingerprint density at radius 1 is 1.07 bits per heavy atom. The first-order chi connectivity index (χ1) is 13.1. The minimum Gasteiger partial charge on any atom is -0.353 e. The van der Waals surface area contributed by atoms with Gasteiger partial charge in [0, 0.05) is 32.5 Å². The maximum absolute atomic E-state index is 13.7. The molecule has 2 aromatic rings. The Morgan fingerprint density at radius 3 is 2.33 bits per heavy atom. The van der Waals surface area contributed by atoms with E-state index in [4.69, 9.17) is 0 Å². The SMILES string of the molecule is CN(Cc1ccccc1)C1(C(=O)N2CCNC(=O)C2)Cc2ccccc2C1. The number of likely N-dealkylation sites (N-methyl/N-ethyl adjacent to an activating group) is 1. The fourth-order valence-electron chi connectivity index (χ4n) is 4.29. The Labute approximate surface area is 160 Å². The summed E-state index contributed by atoms with van der Waals surface area (Å²) in [6, 6.07) is 18.5. The van der Waals surface area contributed by atoms with E-state index in [1.807, 2.05) is 37.4 Å². The number of nitrogens with zero attached hydrogens (tertiary/aromatic N) is 2. The summed E-state index contributed by atoms with van der Waals surface area (Å²) in [4.78, 5) is 29.4. The monoisotopic (exact) mass is 363 g/mol. The van der Waals surface area contributed by atoms with Gasteiger partial charge in [-0.2, -0.15) is 0 Å². The topological polar surface area (TPSA) is 52.7 Å². The van der Waals surface area contributed by atoms with Gasteiger partial charge in [-0.15, -0.1) is 0 Å². The molecule has 1 saturated heterocycles. The molecule has 5 nitrogen and oxygen atoms in total. The number of nitrogens with one attached hydrogen (secondary N) is 1. The van der Waals surface area contributed by atoms with Gasteiger partial charge >= 0.3 is 0 Å². The predicted molar refractivity (Wildman–Crippen MR) is 104 cm³/mol. The number of piperazine rings is 1. The van der Waals surface area contributed by atoms with Crippen LogP contribution in [-0.4, -0.2) is 53.8 Å². The lowest BCUT2D eigenvalue weighted by Crippen LogP contribution is -2.62. The molecule has 0 atom stereocenters. The number of benzene rings is 2. The predicted octanol–water partition coefficient (Wildman–Crippen LogP) is 1.61. The zero-order valence-corrected chi connectivity index (χ0v) is 15.6. The average molecular weight is 363 g/mol. The molecule has 2 amide bonds. The highest BCUT2D eigenvalue weighted by molar-refractivity contribution is 5.92. The summed E-state index contributed by atoms with van der Waals surface area (Å²) in [5.74, 6) is -0.0158. The molecule has 1 heterocycles. The molecule has 4 rings (SSSR count). The highest BCUT2D eigenvalue weighted by Crippen LogP contribution is 2.36. The van der Waals surface area contributed by atoms with E-state index < -0.39 is 5.54 Å². The van der Waals surface area contributed by atoms with Crippen LogP contribution in [0.3, 0.4) is 0 Å². The molecular formula is C22H25N3O2. The van der Waals surface area contributed by atoms with E-state index in [9.17, 15) is 9.59 Å². The third-order valence-electron chi connectivity index (χ3n) is 5.80. The van der Waals surface area contributed by atoms with Crippen LogP contribution in [0.4, 0.5) is 0 Å². The maximum Gasteiger partial charge on any atom is 0.244 e. The molecule has 2 aromatic carbocycles. The normalized spacial score (nSPS) is 18.3. The summed E-state index contributed by atoms with van der Waals surface area (Å²) in [5.41, 5.74) is 3.00. The van der Waals surface area contributed by atoms with Gasteiger partial charge in [0.2, 0.25) is 11.8 Å². The second-order valence-corrected chi connectivity index (χ2v) is 7.57. The number of carbonyl (C=O) groups is 2. The largest absolute Gasteiger partial charge is 0.353 e. The van der Waals surface area contributed by atoms with Gasteiger partial charge < -0.3 is 10.2 Å². The Bertz CT molecular complexity index is 825. The van der Waals surface area contributed by atoms with E-state index in [2.05, 4.69) is 34.5 Å². The van der Waals surface area contributed by atoms with Crippen LogP contribution in [0.25, 0.3) is 0 Å². The first-order valence-corrected chi connectivity index (χ1v) is 9.46. The van der Waals surface area contributed by atoms with Crippen molar-refractivity contribution in [3.05, 3.63) is 71.3 Å². The Morgan fingerprint density at radius 2 is 1.70 bits per heavy atom. The molecular weight excluding hydrogens is 338 g/mol.